The Bertz CT molecular complexity index is 249. The van der Waals surface area contributed by atoms with Gasteiger partial charge in [-0.1, -0.05) is 60.8 Å². The first kappa shape index (κ1) is 9.79. The van der Waals surface area contributed by atoms with Gasteiger partial charge in [0.2, 0.25) is 0 Å². The minimum Gasteiger partial charge on any atom is -0.0842 e. The molecular weight excluding hydrogens is 156 g/mol. The van der Waals surface area contributed by atoms with Crippen LogP contribution in [-0.2, 0) is 0 Å². The molecule has 0 bridgehead atoms. The third-order valence-corrected chi connectivity index (χ3v) is 1.76. The van der Waals surface area contributed by atoms with E-state index in [1.165, 1.54) is 0 Å². The van der Waals surface area contributed by atoms with Crippen LogP contribution in [0.1, 0.15) is 19.3 Å². The Morgan fingerprint density at radius 3 is 1.62 bits per heavy atom. The Kier molecular flexibility index (Phi) is 5.54. The summed E-state index contributed by atoms with van der Waals surface area (Å²) >= 11 is 0. The van der Waals surface area contributed by atoms with Gasteiger partial charge in [-0.05, 0) is 19.3 Å². The molecule has 68 valence electrons. The highest BCUT2D eigenvalue weighted by Gasteiger charge is 1.75. The third-order valence-electron chi connectivity index (χ3n) is 1.76. The topological polar surface area (TPSA) is 0 Å². The molecule has 0 unspecified atom stereocenters. The molecule has 0 aromatic rings. The van der Waals surface area contributed by atoms with Crippen molar-refractivity contribution in [1.82, 2.24) is 0 Å². The van der Waals surface area contributed by atoms with Crippen LogP contribution in [0.25, 0.3) is 0 Å². The van der Waals surface area contributed by atoms with Crippen LogP contribution < -0.4 is 0 Å². The molecule has 1 aliphatic carbocycles. The van der Waals surface area contributed by atoms with E-state index < -0.39 is 0 Å². The summed E-state index contributed by atoms with van der Waals surface area (Å²) in [6, 6.07) is 0. The maximum Gasteiger partial charge on any atom is -0.0163 e. The van der Waals surface area contributed by atoms with Crippen molar-refractivity contribution in [2.24, 2.45) is 0 Å². The van der Waals surface area contributed by atoms with Crippen molar-refractivity contribution in [3.63, 3.8) is 0 Å². The lowest BCUT2D eigenvalue weighted by molar-refractivity contribution is 1.05. The molecule has 0 heteroatoms. The summed E-state index contributed by atoms with van der Waals surface area (Å²) in [7, 11) is 0. The van der Waals surface area contributed by atoms with E-state index >= 15 is 0 Å². The Balaban J connectivity index is 2.49. The molecule has 1 rings (SSSR count). The summed E-state index contributed by atoms with van der Waals surface area (Å²) in [6.07, 6.45) is 24.5. The van der Waals surface area contributed by atoms with Gasteiger partial charge in [-0.25, -0.2) is 0 Å². The summed E-state index contributed by atoms with van der Waals surface area (Å²) in [6.45, 7) is 0. The van der Waals surface area contributed by atoms with Gasteiger partial charge in [0.15, 0.2) is 0 Å². The quantitative estimate of drug-likeness (QED) is 0.519. The second-order valence-electron chi connectivity index (χ2n) is 2.91. The molecule has 1 aliphatic rings. The van der Waals surface area contributed by atoms with Crippen LogP contribution in [0.15, 0.2) is 60.8 Å². The molecule has 0 atom stereocenters. The second-order valence-corrected chi connectivity index (χ2v) is 2.91. The zero-order valence-corrected chi connectivity index (χ0v) is 7.89. The SMILES string of the molecule is C1=C/C=C/CC/C=C\C=C\CC=C1. The van der Waals surface area contributed by atoms with Gasteiger partial charge in [-0.15, -0.1) is 0 Å². The van der Waals surface area contributed by atoms with Gasteiger partial charge in [0.1, 0.15) is 0 Å². The van der Waals surface area contributed by atoms with Gasteiger partial charge < -0.3 is 0 Å². The van der Waals surface area contributed by atoms with Crippen molar-refractivity contribution in [1.29, 1.82) is 0 Å². The van der Waals surface area contributed by atoms with E-state index in [1.807, 2.05) is 0 Å². The highest BCUT2D eigenvalue weighted by atomic mass is 13.8. The summed E-state index contributed by atoms with van der Waals surface area (Å²) in [5, 5.41) is 0. The van der Waals surface area contributed by atoms with Gasteiger partial charge in [0.05, 0.1) is 0 Å². The standard InChI is InChI=1S/C13H16/c1-2-4-6-8-10-12-13-11-9-7-5-3-1/h1-6,9,11-13H,7-8,10H2/b2-1?,5-3?,6-4+,11-9+,13-12-. The number of allylic oxidation sites excluding steroid dienone is 10. The zero-order chi connectivity index (χ0) is 9.19. The summed E-state index contributed by atoms with van der Waals surface area (Å²) in [5.74, 6) is 0. The first-order valence-electron chi connectivity index (χ1n) is 4.80. The molecule has 13 heavy (non-hydrogen) atoms. The van der Waals surface area contributed by atoms with Crippen molar-refractivity contribution in [3.05, 3.63) is 60.8 Å². The van der Waals surface area contributed by atoms with Crippen molar-refractivity contribution in [2.45, 2.75) is 19.3 Å². The Labute approximate surface area is 80.7 Å². The largest absolute Gasteiger partial charge is 0.0842 e. The lowest BCUT2D eigenvalue weighted by atomic mass is 10.2. The fourth-order valence-electron chi connectivity index (χ4n) is 1.06. The van der Waals surface area contributed by atoms with Gasteiger partial charge in [-0.3, -0.25) is 0 Å². The van der Waals surface area contributed by atoms with Crippen LogP contribution in [0.2, 0.25) is 0 Å². The van der Waals surface area contributed by atoms with Crippen LogP contribution in [0.3, 0.4) is 0 Å². The molecule has 0 aliphatic heterocycles. The Morgan fingerprint density at radius 1 is 0.462 bits per heavy atom. The lowest BCUT2D eigenvalue weighted by Crippen LogP contribution is -1.62. The lowest BCUT2D eigenvalue weighted by Gasteiger charge is -1.83. The van der Waals surface area contributed by atoms with Gasteiger partial charge in [-0.2, -0.15) is 0 Å². The second kappa shape index (κ2) is 7.35. The highest BCUT2D eigenvalue weighted by Crippen LogP contribution is 1.96. The number of hydrogen-bond acceptors (Lipinski definition) is 0. The van der Waals surface area contributed by atoms with Crippen molar-refractivity contribution in [3.8, 4) is 0 Å². The average molecular weight is 172 g/mol. The van der Waals surface area contributed by atoms with E-state index in [0.717, 1.165) is 19.3 Å². The van der Waals surface area contributed by atoms with Gasteiger partial charge >= 0.3 is 0 Å². The van der Waals surface area contributed by atoms with E-state index in [-0.39, 0.29) is 0 Å². The van der Waals surface area contributed by atoms with E-state index in [1.54, 1.807) is 0 Å². The molecule has 0 amide bonds. The minimum absolute atomic E-state index is 1.01. The van der Waals surface area contributed by atoms with Gasteiger partial charge in [0.25, 0.3) is 0 Å². The van der Waals surface area contributed by atoms with Crippen LogP contribution >= 0.6 is 0 Å². The zero-order valence-electron chi connectivity index (χ0n) is 7.89. The number of hydrogen-bond donors (Lipinski definition) is 0. The molecule has 0 N–H and O–H groups in total. The van der Waals surface area contributed by atoms with E-state index in [9.17, 15) is 0 Å². The number of rotatable bonds is 0. The van der Waals surface area contributed by atoms with E-state index in [2.05, 4.69) is 60.8 Å². The molecule has 0 fully saturated rings. The van der Waals surface area contributed by atoms with Crippen LogP contribution in [0.5, 0.6) is 0 Å². The molecule has 0 nitrogen and oxygen atoms in total. The summed E-state index contributed by atoms with van der Waals surface area (Å²) in [5.41, 5.74) is 0. The van der Waals surface area contributed by atoms with Crippen LogP contribution in [0, 0.1) is 0 Å². The van der Waals surface area contributed by atoms with Crippen LogP contribution in [-0.4, -0.2) is 0 Å². The first-order chi connectivity index (χ1) is 6.50. The van der Waals surface area contributed by atoms with Crippen molar-refractivity contribution >= 4 is 0 Å². The summed E-state index contributed by atoms with van der Waals surface area (Å²) in [4.78, 5) is 0. The van der Waals surface area contributed by atoms with E-state index in [4.69, 9.17) is 0 Å². The minimum atomic E-state index is 1.01. The maximum absolute atomic E-state index is 2.20. The first-order valence-corrected chi connectivity index (χ1v) is 4.80. The fraction of sp³-hybridized carbons (Fsp3) is 0.231. The molecule has 0 heterocycles. The average Bonchev–Trinajstić information content (AvgIpc) is 2.18. The smallest absolute Gasteiger partial charge is 0.0163 e. The van der Waals surface area contributed by atoms with Crippen molar-refractivity contribution in [2.75, 3.05) is 0 Å². The normalized spacial score (nSPS) is 25.2. The summed E-state index contributed by atoms with van der Waals surface area (Å²) < 4.78 is 0. The third kappa shape index (κ3) is 5.92. The molecule has 0 saturated carbocycles. The van der Waals surface area contributed by atoms with E-state index in [0.29, 0.717) is 0 Å². The predicted molar refractivity (Wildman–Crippen MR) is 59.6 cm³/mol. The Morgan fingerprint density at radius 2 is 0.923 bits per heavy atom. The molecule has 0 aromatic carbocycles. The monoisotopic (exact) mass is 172 g/mol. The predicted octanol–water partition coefficient (Wildman–Crippen LogP) is 3.95. The molecular formula is C13H16. The Hall–Kier alpha value is -1.30. The fourth-order valence-corrected chi connectivity index (χ4v) is 1.06. The molecule has 0 spiro atoms. The molecule has 0 saturated heterocycles. The van der Waals surface area contributed by atoms with Gasteiger partial charge in [0, 0.05) is 0 Å². The van der Waals surface area contributed by atoms with Crippen molar-refractivity contribution < 1.29 is 0 Å². The molecule has 0 radical (unpaired) electrons. The highest BCUT2D eigenvalue weighted by molar-refractivity contribution is 5.13. The maximum atomic E-state index is 2.20. The van der Waals surface area contributed by atoms with Crippen LogP contribution in [0.4, 0.5) is 0 Å². The molecule has 0 aromatic heterocycles.